The molecule has 0 amide bonds. The Hall–Kier alpha value is -0.000000000000000111. The smallest absolute Gasteiger partial charge is 0.177 e. The van der Waals surface area contributed by atoms with Gasteiger partial charge in [0.2, 0.25) is 0 Å². The maximum Gasteiger partial charge on any atom is 0.177 e. The Labute approximate surface area is 107 Å². The molecule has 0 bridgehead atoms. The van der Waals surface area contributed by atoms with Crippen LogP contribution in [-0.4, -0.2) is 15.9 Å². The summed E-state index contributed by atoms with van der Waals surface area (Å²) in [5.41, 5.74) is -0.0456. The highest BCUT2D eigenvalue weighted by atomic mass is 79.9. The number of halogens is 5. The zero-order chi connectivity index (χ0) is 11.6. The zero-order valence-corrected chi connectivity index (χ0v) is 11.2. The predicted octanol–water partition coefficient (Wildman–Crippen LogP) is 3.96. The van der Waals surface area contributed by atoms with Crippen LogP contribution < -0.4 is 0 Å². The first-order chi connectivity index (χ1) is 6.97. The highest BCUT2D eigenvalue weighted by Gasteiger charge is 2.19. The molecule has 0 heterocycles. The molecule has 6 heteroatoms. The van der Waals surface area contributed by atoms with E-state index in [0.717, 1.165) is 12.1 Å². The van der Waals surface area contributed by atoms with E-state index in [0.29, 0.717) is 5.33 Å². The average molecular weight is 362 g/mol. The summed E-state index contributed by atoms with van der Waals surface area (Å²) in [5, 5.41) is -0.242. The van der Waals surface area contributed by atoms with E-state index < -0.39 is 27.3 Å². The number of alkyl halides is 2. The van der Waals surface area contributed by atoms with Gasteiger partial charge in [0, 0.05) is 10.9 Å². The molecule has 1 unspecified atom stereocenters. The highest BCUT2D eigenvalue weighted by molar-refractivity contribution is 9.12. The fraction of sp³-hybridized carbons (Fsp3) is 0.222. The Balaban J connectivity index is 3.12. The van der Waals surface area contributed by atoms with E-state index in [-0.39, 0.29) is 5.56 Å². The number of hydrogen-bond acceptors (Lipinski definition) is 1. The van der Waals surface area contributed by atoms with Crippen molar-refractivity contribution in [1.82, 2.24) is 0 Å². The van der Waals surface area contributed by atoms with Gasteiger partial charge in [-0.25, -0.2) is 8.78 Å². The van der Waals surface area contributed by atoms with Crippen LogP contribution in [0.15, 0.2) is 12.1 Å². The van der Waals surface area contributed by atoms with Crippen LogP contribution >= 0.6 is 43.5 Å². The molecule has 0 radical (unpaired) electrons. The van der Waals surface area contributed by atoms with Crippen molar-refractivity contribution in [3.8, 4) is 0 Å². The minimum Gasteiger partial charge on any atom is -0.293 e. The van der Waals surface area contributed by atoms with Crippen LogP contribution in [0, 0.1) is 11.6 Å². The van der Waals surface area contributed by atoms with Gasteiger partial charge in [0.05, 0.1) is 4.83 Å². The first kappa shape index (κ1) is 13.1. The Morgan fingerprint density at radius 3 is 2.27 bits per heavy atom. The number of carbonyl (C=O) groups excluding carboxylic acids is 1. The van der Waals surface area contributed by atoms with Crippen molar-refractivity contribution in [3.05, 3.63) is 34.4 Å². The van der Waals surface area contributed by atoms with Crippen LogP contribution in [0.3, 0.4) is 0 Å². The van der Waals surface area contributed by atoms with E-state index in [1.54, 1.807) is 0 Å². The molecule has 1 atom stereocenters. The van der Waals surface area contributed by atoms with Gasteiger partial charge in [-0.15, -0.1) is 0 Å². The third-order valence-electron chi connectivity index (χ3n) is 1.69. The van der Waals surface area contributed by atoms with Gasteiger partial charge in [0.1, 0.15) is 16.7 Å². The maximum atomic E-state index is 13.0. The minimum absolute atomic E-state index is 0.0456. The van der Waals surface area contributed by atoms with Crippen molar-refractivity contribution in [2.75, 3.05) is 5.33 Å². The highest BCUT2D eigenvalue weighted by Crippen LogP contribution is 2.22. The van der Waals surface area contributed by atoms with Gasteiger partial charge in [-0.05, 0) is 12.1 Å². The Kier molecular flexibility index (Phi) is 4.67. The summed E-state index contributed by atoms with van der Waals surface area (Å²) in [4.78, 5) is 11.0. The monoisotopic (exact) mass is 360 g/mol. The fourth-order valence-electron chi connectivity index (χ4n) is 0.949. The molecule has 82 valence electrons. The molecular formula is C9H5Br2ClF2O. The summed E-state index contributed by atoms with van der Waals surface area (Å²) in [6.45, 7) is 0. The zero-order valence-electron chi connectivity index (χ0n) is 7.24. The van der Waals surface area contributed by atoms with Crippen molar-refractivity contribution in [2.45, 2.75) is 4.83 Å². The van der Waals surface area contributed by atoms with Crippen molar-refractivity contribution in [2.24, 2.45) is 0 Å². The first-order valence-corrected chi connectivity index (χ1v) is 6.27. The molecule has 0 saturated carbocycles. The summed E-state index contributed by atoms with van der Waals surface area (Å²) in [7, 11) is 0. The van der Waals surface area contributed by atoms with Gasteiger partial charge in [-0.2, -0.15) is 0 Å². The van der Waals surface area contributed by atoms with E-state index in [9.17, 15) is 13.6 Å². The predicted molar refractivity (Wildman–Crippen MR) is 62.2 cm³/mol. The lowest BCUT2D eigenvalue weighted by atomic mass is 10.1. The summed E-state index contributed by atoms with van der Waals surface area (Å²) in [6.07, 6.45) is 0. The van der Waals surface area contributed by atoms with Crippen molar-refractivity contribution in [1.29, 1.82) is 0 Å². The number of hydrogen-bond donors (Lipinski definition) is 0. The molecule has 0 aliphatic rings. The lowest BCUT2D eigenvalue weighted by Crippen LogP contribution is -2.16. The lowest BCUT2D eigenvalue weighted by molar-refractivity contribution is 0.0996. The Morgan fingerprint density at radius 2 is 1.87 bits per heavy atom. The van der Waals surface area contributed by atoms with Crippen LogP contribution in [0.4, 0.5) is 8.78 Å². The molecule has 0 spiro atoms. The van der Waals surface area contributed by atoms with E-state index >= 15 is 0 Å². The summed E-state index contributed by atoms with van der Waals surface area (Å²) >= 11 is 11.4. The van der Waals surface area contributed by atoms with E-state index in [1.807, 2.05) is 0 Å². The van der Waals surface area contributed by atoms with E-state index in [2.05, 4.69) is 31.9 Å². The van der Waals surface area contributed by atoms with Crippen LogP contribution in [0.1, 0.15) is 10.4 Å². The van der Waals surface area contributed by atoms with Gasteiger partial charge < -0.3 is 0 Å². The summed E-state index contributed by atoms with van der Waals surface area (Å²) in [6, 6.07) is 1.84. The minimum atomic E-state index is -0.936. The van der Waals surface area contributed by atoms with Gasteiger partial charge in [-0.3, -0.25) is 4.79 Å². The van der Waals surface area contributed by atoms with Gasteiger partial charge in [0.25, 0.3) is 0 Å². The van der Waals surface area contributed by atoms with E-state index in [4.69, 9.17) is 11.6 Å². The second kappa shape index (κ2) is 5.37. The van der Waals surface area contributed by atoms with Gasteiger partial charge in [-0.1, -0.05) is 43.5 Å². The Bertz CT molecular complexity index is 375. The quantitative estimate of drug-likeness (QED) is 0.452. The van der Waals surface area contributed by atoms with Crippen LogP contribution in [0.2, 0.25) is 5.02 Å². The lowest BCUT2D eigenvalue weighted by Gasteiger charge is -2.06. The second-order valence-corrected chi connectivity index (χ2v) is 4.87. The molecule has 1 rings (SSSR count). The molecule has 1 nitrogen and oxygen atoms in total. The normalized spacial score (nSPS) is 12.6. The molecule has 0 saturated heterocycles. The number of carbonyl (C=O) groups is 1. The topological polar surface area (TPSA) is 17.1 Å². The molecule has 0 aliphatic heterocycles. The largest absolute Gasteiger partial charge is 0.293 e. The van der Waals surface area contributed by atoms with Crippen LogP contribution in [0.5, 0.6) is 0 Å². The standard InChI is InChI=1S/C9H5Br2ClF2O/c10-3-5(11)9(15)4-1-6(13)8(12)7(14)2-4/h1-2,5H,3H2. The number of benzene rings is 1. The van der Waals surface area contributed by atoms with Crippen molar-refractivity contribution >= 4 is 49.2 Å². The van der Waals surface area contributed by atoms with E-state index in [1.165, 1.54) is 0 Å². The second-order valence-electron chi connectivity index (χ2n) is 2.74. The molecule has 0 aromatic heterocycles. The molecule has 0 fully saturated rings. The first-order valence-electron chi connectivity index (χ1n) is 3.86. The summed E-state index contributed by atoms with van der Waals surface area (Å²) < 4.78 is 26.0. The van der Waals surface area contributed by atoms with Crippen molar-refractivity contribution < 1.29 is 13.6 Å². The molecule has 0 aliphatic carbocycles. The molecule has 0 N–H and O–H groups in total. The molecular weight excluding hydrogens is 357 g/mol. The number of Topliss-reactive ketones (excluding diaryl/α,β-unsaturated/α-hetero) is 1. The third-order valence-corrected chi connectivity index (χ3v) is 4.31. The molecule has 15 heavy (non-hydrogen) atoms. The molecule has 1 aromatic rings. The third kappa shape index (κ3) is 2.98. The fourth-order valence-corrected chi connectivity index (χ4v) is 1.62. The van der Waals surface area contributed by atoms with Crippen LogP contribution in [-0.2, 0) is 0 Å². The van der Waals surface area contributed by atoms with Crippen LogP contribution in [0.25, 0.3) is 0 Å². The van der Waals surface area contributed by atoms with Gasteiger partial charge in [0.15, 0.2) is 5.78 Å². The maximum absolute atomic E-state index is 13.0. The average Bonchev–Trinajstić information content (AvgIpc) is 2.23. The SMILES string of the molecule is O=C(c1cc(F)c(Cl)c(F)c1)C(Br)CBr. The molecule has 1 aromatic carbocycles. The Morgan fingerprint density at radius 1 is 1.40 bits per heavy atom. The van der Waals surface area contributed by atoms with Crippen molar-refractivity contribution in [3.63, 3.8) is 0 Å². The van der Waals surface area contributed by atoms with Gasteiger partial charge >= 0.3 is 0 Å². The number of ketones is 1. The number of rotatable bonds is 3. The summed E-state index contributed by atoms with van der Waals surface area (Å²) in [5.74, 6) is -2.27.